The maximum atomic E-state index is 12.7. The molecule has 0 aliphatic rings. The number of amides is 1. The molecule has 3 aromatic rings. The zero-order chi connectivity index (χ0) is 23.3. The van der Waals surface area contributed by atoms with E-state index < -0.39 is 17.0 Å². The Bertz CT molecular complexity index is 1080. The molecule has 1 heterocycles. The van der Waals surface area contributed by atoms with Gasteiger partial charge in [0, 0.05) is 17.8 Å². The number of anilines is 1. The molecular weight excluding hydrogens is 441 g/mol. The number of aromatic nitrogens is 3. The van der Waals surface area contributed by atoms with Crippen LogP contribution in [-0.2, 0) is 17.5 Å². The summed E-state index contributed by atoms with van der Waals surface area (Å²) < 4.78 is 45.1. The first kappa shape index (κ1) is 23.4. The minimum Gasteiger partial charge on any atom is -0.497 e. The topological polar surface area (TPSA) is 69.0 Å². The van der Waals surface area contributed by atoms with Gasteiger partial charge < -0.3 is 10.1 Å². The smallest absolute Gasteiger partial charge is 0.416 e. The fourth-order valence-corrected chi connectivity index (χ4v) is 3.68. The van der Waals surface area contributed by atoms with E-state index in [0.717, 1.165) is 17.7 Å². The molecule has 0 saturated carbocycles. The molecule has 10 heteroatoms. The number of carbonyl (C=O) groups excluding carboxylic acids is 1. The number of rotatable bonds is 8. The number of carbonyl (C=O) groups is 1. The van der Waals surface area contributed by atoms with Gasteiger partial charge in [0.05, 0.1) is 17.9 Å². The Kier molecular flexibility index (Phi) is 7.24. The van der Waals surface area contributed by atoms with Crippen molar-refractivity contribution in [2.75, 3.05) is 12.4 Å². The molecule has 1 aromatic heterocycles. The molecule has 2 aromatic carbocycles. The quantitative estimate of drug-likeness (QED) is 0.365. The van der Waals surface area contributed by atoms with Gasteiger partial charge in [-0.1, -0.05) is 17.8 Å². The number of allylic oxidation sites excluding steroid dienone is 1. The maximum Gasteiger partial charge on any atom is 0.416 e. The predicted molar refractivity (Wildman–Crippen MR) is 118 cm³/mol. The highest BCUT2D eigenvalue weighted by Crippen LogP contribution is 2.31. The summed E-state index contributed by atoms with van der Waals surface area (Å²) in [5, 5.41) is 11.0. The van der Waals surface area contributed by atoms with Crippen LogP contribution in [0.5, 0.6) is 5.75 Å². The van der Waals surface area contributed by atoms with E-state index in [1.165, 1.54) is 23.9 Å². The molecule has 6 nitrogen and oxygen atoms in total. The fourth-order valence-electron chi connectivity index (χ4n) is 2.82. The van der Waals surface area contributed by atoms with Gasteiger partial charge in [-0.15, -0.1) is 16.8 Å². The van der Waals surface area contributed by atoms with E-state index in [9.17, 15) is 18.0 Å². The summed E-state index contributed by atoms with van der Waals surface area (Å²) >= 11 is 1.19. The number of hydrogen-bond donors (Lipinski definition) is 1. The highest BCUT2D eigenvalue weighted by molar-refractivity contribution is 8.00. The van der Waals surface area contributed by atoms with Crippen LogP contribution < -0.4 is 10.1 Å². The van der Waals surface area contributed by atoms with Crippen molar-refractivity contribution in [1.29, 1.82) is 0 Å². The molecule has 0 bridgehead atoms. The van der Waals surface area contributed by atoms with Gasteiger partial charge in [-0.3, -0.25) is 9.36 Å². The number of nitrogens with zero attached hydrogens (tertiary/aromatic N) is 3. The molecule has 0 saturated heterocycles. The standard InChI is InChI=1S/C22H21F3N4O2S/c1-4-13-29-19(15-5-11-18(31-3)12-6-15)27-28-21(29)32-14(2)20(30)26-17-9-7-16(8-10-17)22(23,24)25/h4-12,14H,1,13H2,2-3H3,(H,26,30). The third kappa shape index (κ3) is 5.50. The first-order valence-electron chi connectivity index (χ1n) is 9.56. The van der Waals surface area contributed by atoms with Crippen molar-refractivity contribution in [2.45, 2.75) is 30.1 Å². The third-order valence-electron chi connectivity index (χ3n) is 4.51. The van der Waals surface area contributed by atoms with E-state index in [2.05, 4.69) is 22.1 Å². The normalized spacial score (nSPS) is 12.3. The van der Waals surface area contributed by atoms with Crippen molar-refractivity contribution in [3.63, 3.8) is 0 Å². The van der Waals surface area contributed by atoms with E-state index in [1.54, 1.807) is 20.1 Å². The van der Waals surface area contributed by atoms with Crippen LogP contribution in [0.4, 0.5) is 18.9 Å². The van der Waals surface area contributed by atoms with Crippen LogP contribution in [0.25, 0.3) is 11.4 Å². The summed E-state index contributed by atoms with van der Waals surface area (Å²) in [6.07, 6.45) is -2.73. The monoisotopic (exact) mass is 462 g/mol. The molecule has 0 fully saturated rings. The van der Waals surface area contributed by atoms with Crippen LogP contribution in [0.2, 0.25) is 0 Å². The zero-order valence-electron chi connectivity index (χ0n) is 17.4. The van der Waals surface area contributed by atoms with Gasteiger partial charge in [-0.05, 0) is 55.5 Å². The van der Waals surface area contributed by atoms with Crippen LogP contribution in [-0.4, -0.2) is 33.0 Å². The minimum absolute atomic E-state index is 0.280. The molecule has 1 N–H and O–H groups in total. The molecule has 0 aliphatic carbocycles. The minimum atomic E-state index is -4.43. The lowest BCUT2D eigenvalue weighted by atomic mass is 10.2. The Morgan fingerprint density at radius 2 is 1.84 bits per heavy atom. The van der Waals surface area contributed by atoms with Gasteiger partial charge in [0.1, 0.15) is 5.75 Å². The molecule has 0 aliphatic heterocycles. The molecule has 0 radical (unpaired) electrons. The van der Waals surface area contributed by atoms with Crippen molar-refractivity contribution in [1.82, 2.24) is 14.8 Å². The number of methoxy groups -OCH3 is 1. The van der Waals surface area contributed by atoms with Gasteiger partial charge in [-0.2, -0.15) is 13.2 Å². The van der Waals surface area contributed by atoms with Gasteiger partial charge >= 0.3 is 6.18 Å². The van der Waals surface area contributed by atoms with Gasteiger partial charge in [0.15, 0.2) is 11.0 Å². The molecule has 1 atom stereocenters. The number of hydrogen-bond acceptors (Lipinski definition) is 5. The fraction of sp³-hybridized carbons (Fsp3) is 0.227. The Hall–Kier alpha value is -3.27. The Morgan fingerprint density at radius 1 is 1.19 bits per heavy atom. The first-order valence-corrected chi connectivity index (χ1v) is 10.4. The molecule has 168 valence electrons. The zero-order valence-corrected chi connectivity index (χ0v) is 18.2. The highest BCUT2D eigenvalue weighted by Gasteiger charge is 2.30. The number of ether oxygens (including phenoxy) is 1. The van der Waals surface area contributed by atoms with Crippen LogP contribution in [0, 0.1) is 0 Å². The van der Waals surface area contributed by atoms with Gasteiger partial charge in [0.2, 0.25) is 5.91 Å². The summed E-state index contributed by atoms with van der Waals surface area (Å²) in [6.45, 7) is 5.89. The van der Waals surface area contributed by atoms with E-state index in [4.69, 9.17) is 4.74 Å². The van der Waals surface area contributed by atoms with Gasteiger partial charge in [0.25, 0.3) is 0 Å². The molecular formula is C22H21F3N4O2S. The van der Waals surface area contributed by atoms with Crippen LogP contribution >= 0.6 is 11.8 Å². The number of thioether (sulfide) groups is 1. The van der Waals surface area contributed by atoms with Crippen molar-refractivity contribution in [3.8, 4) is 17.1 Å². The second-order valence-electron chi connectivity index (χ2n) is 6.76. The number of nitrogens with one attached hydrogen (secondary N) is 1. The lowest BCUT2D eigenvalue weighted by molar-refractivity contribution is -0.137. The maximum absolute atomic E-state index is 12.7. The Balaban J connectivity index is 1.73. The summed E-state index contributed by atoms with van der Waals surface area (Å²) in [7, 11) is 1.58. The second-order valence-corrected chi connectivity index (χ2v) is 8.07. The molecule has 3 rings (SSSR count). The van der Waals surface area contributed by atoms with Crippen LogP contribution in [0.15, 0.2) is 66.3 Å². The summed E-state index contributed by atoms with van der Waals surface area (Å²) in [5.74, 6) is 0.964. The average Bonchev–Trinajstić information content (AvgIpc) is 3.16. The van der Waals surface area contributed by atoms with E-state index in [0.29, 0.717) is 23.3 Å². The lowest BCUT2D eigenvalue weighted by Crippen LogP contribution is -2.23. The SMILES string of the molecule is C=CCn1c(SC(C)C(=O)Nc2ccc(C(F)(F)F)cc2)nnc1-c1ccc(OC)cc1. The molecule has 0 spiro atoms. The largest absolute Gasteiger partial charge is 0.497 e. The Morgan fingerprint density at radius 3 is 2.41 bits per heavy atom. The number of halogens is 3. The summed E-state index contributed by atoms with van der Waals surface area (Å²) in [4.78, 5) is 12.6. The molecule has 1 amide bonds. The number of alkyl halides is 3. The lowest BCUT2D eigenvalue weighted by Gasteiger charge is -2.13. The predicted octanol–water partition coefficient (Wildman–Crippen LogP) is 5.28. The van der Waals surface area contributed by atoms with Crippen molar-refractivity contribution < 1.29 is 22.7 Å². The van der Waals surface area contributed by atoms with Crippen molar-refractivity contribution >= 4 is 23.4 Å². The van der Waals surface area contributed by atoms with E-state index >= 15 is 0 Å². The Labute approximate surface area is 187 Å². The summed E-state index contributed by atoms with van der Waals surface area (Å²) in [6, 6.07) is 11.6. The third-order valence-corrected chi connectivity index (χ3v) is 5.59. The van der Waals surface area contributed by atoms with Crippen molar-refractivity contribution in [2.24, 2.45) is 0 Å². The first-order chi connectivity index (χ1) is 15.2. The van der Waals surface area contributed by atoms with E-state index in [-0.39, 0.29) is 11.6 Å². The second kappa shape index (κ2) is 9.90. The summed E-state index contributed by atoms with van der Waals surface area (Å²) in [5.41, 5.74) is 0.331. The average molecular weight is 462 g/mol. The van der Waals surface area contributed by atoms with E-state index in [1.807, 2.05) is 28.8 Å². The molecule has 1 unspecified atom stereocenters. The molecule has 32 heavy (non-hydrogen) atoms. The van der Waals surface area contributed by atoms with Crippen molar-refractivity contribution in [3.05, 3.63) is 66.7 Å². The van der Waals surface area contributed by atoms with Crippen LogP contribution in [0.3, 0.4) is 0 Å². The highest BCUT2D eigenvalue weighted by atomic mass is 32.2. The van der Waals surface area contributed by atoms with Crippen LogP contribution in [0.1, 0.15) is 12.5 Å². The number of benzene rings is 2. The van der Waals surface area contributed by atoms with Gasteiger partial charge in [-0.25, -0.2) is 0 Å².